The Labute approximate surface area is 61.5 Å². The van der Waals surface area contributed by atoms with Gasteiger partial charge in [-0.1, -0.05) is 30.3 Å². The molecule has 0 aliphatic carbocycles. The lowest BCUT2D eigenvalue weighted by molar-refractivity contribution is -0.111. The van der Waals surface area contributed by atoms with Crippen LogP contribution < -0.4 is 0 Å². The Morgan fingerprint density at radius 2 is 1.90 bits per heavy atom. The number of hydrogen-bond donors (Lipinski definition) is 0. The molecule has 10 heavy (non-hydrogen) atoms. The molecule has 0 aromatic heterocycles. The molecule has 1 rings (SSSR count). The molecule has 0 spiro atoms. The third-order valence-corrected chi connectivity index (χ3v) is 1.30. The summed E-state index contributed by atoms with van der Waals surface area (Å²) in [7, 11) is 1.60. The first-order chi connectivity index (χ1) is 4.79. The predicted octanol–water partition coefficient (Wildman–Crippen LogP) is 0.389. The molecular formula is C8H9BO. The number of hydrogen-bond acceptors (Lipinski definition) is 1. The van der Waals surface area contributed by atoms with Gasteiger partial charge in [-0.15, -0.1) is 0 Å². The van der Waals surface area contributed by atoms with E-state index in [1.54, 1.807) is 7.85 Å². The zero-order chi connectivity index (χ0) is 7.40. The first kappa shape index (κ1) is 7.07. The fraction of sp³-hybridized carbons (Fsp3) is 0.125. The molecule has 50 valence electrons. The van der Waals surface area contributed by atoms with Gasteiger partial charge in [-0.2, -0.15) is 0 Å². The van der Waals surface area contributed by atoms with E-state index in [2.05, 4.69) is 0 Å². The van der Waals surface area contributed by atoms with E-state index in [9.17, 15) is 4.79 Å². The van der Waals surface area contributed by atoms with Crippen LogP contribution in [0.1, 0.15) is 5.56 Å². The molecule has 0 saturated carbocycles. The quantitative estimate of drug-likeness (QED) is 0.532. The molecule has 0 bridgehead atoms. The van der Waals surface area contributed by atoms with Gasteiger partial charge in [0.15, 0.2) is 7.85 Å². The maximum atomic E-state index is 10.6. The summed E-state index contributed by atoms with van der Waals surface area (Å²) in [5.74, 6) is 0. The molecule has 0 saturated heterocycles. The van der Waals surface area contributed by atoms with Gasteiger partial charge in [-0.3, -0.25) is 0 Å². The van der Waals surface area contributed by atoms with Crippen LogP contribution >= 0.6 is 0 Å². The minimum Gasteiger partial charge on any atom is -0.312 e. The summed E-state index contributed by atoms with van der Waals surface area (Å²) in [6.45, 7) is 0. The molecule has 1 aromatic rings. The number of carbonyl (C=O) groups excluding carboxylic acids is 1. The van der Waals surface area contributed by atoms with Gasteiger partial charge in [0.05, 0.1) is 5.68 Å². The summed E-state index contributed by atoms with van der Waals surface area (Å²) in [6.07, 6.45) is 0.556. The van der Waals surface area contributed by atoms with E-state index >= 15 is 0 Å². The van der Waals surface area contributed by atoms with E-state index in [0.717, 1.165) is 5.56 Å². The van der Waals surface area contributed by atoms with Crippen molar-refractivity contribution >= 4 is 13.5 Å². The van der Waals surface area contributed by atoms with Gasteiger partial charge in [0, 0.05) is 6.42 Å². The van der Waals surface area contributed by atoms with Crippen LogP contribution in [0.3, 0.4) is 0 Å². The van der Waals surface area contributed by atoms with Crippen molar-refractivity contribution in [3.05, 3.63) is 35.9 Å². The summed E-state index contributed by atoms with van der Waals surface area (Å²) in [5.41, 5.74) is 1.31. The van der Waals surface area contributed by atoms with Gasteiger partial charge >= 0.3 is 0 Å². The van der Waals surface area contributed by atoms with Gasteiger partial charge in [-0.25, -0.2) is 0 Å². The van der Waals surface area contributed by atoms with Crippen LogP contribution in [-0.2, 0) is 11.2 Å². The Kier molecular flexibility index (Phi) is 2.27. The van der Waals surface area contributed by atoms with E-state index < -0.39 is 0 Å². The normalized spacial score (nSPS) is 9.20. The van der Waals surface area contributed by atoms with E-state index in [1.165, 1.54) is 0 Å². The van der Waals surface area contributed by atoms with E-state index in [4.69, 9.17) is 0 Å². The summed E-state index contributed by atoms with van der Waals surface area (Å²) in [6, 6.07) is 9.75. The standard InChI is InChI=1S/C8H9BO/c9-8(10)6-7-4-2-1-3-5-7/h1-5H,6,9H2. The molecule has 0 aliphatic rings. The average Bonchev–Trinajstić information content (AvgIpc) is 1.88. The molecule has 0 atom stereocenters. The Hall–Kier alpha value is -1.05. The van der Waals surface area contributed by atoms with Crippen LogP contribution in [0.4, 0.5) is 0 Å². The van der Waals surface area contributed by atoms with Crippen molar-refractivity contribution in [2.24, 2.45) is 0 Å². The second kappa shape index (κ2) is 3.21. The number of rotatable bonds is 2. The van der Waals surface area contributed by atoms with Gasteiger partial charge in [-0.05, 0) is 5.56 Å². The average molecular weight is 132 g/mol. The Morgan fingerprint density at radius 1 is 1.30 bits per heavy atom. The van der Waals surface area contributed by atoms with Crippen molar-refractivity contribution in [2.45, 2.75) is 6.42 Å². The van der Waals surface area contributed by atoms with Gasteiger partial charge < -0.3 is 4.79 Å². The second-order valence-electron chi connectivity index (χ2n) is 2.36. The van der Waals surface area contributed by atoms with E-state index in [-0.39, 0.29) is 5.68 Å². The summed E-state index contributed by atoms with van der Waals surface area (Å²) in [5, 5.41) is 0. The fourth-order valence-electron chi connectivity index (χ4n) is 0.883. The lowest BCUT2D eigenvalue weighted by Crippen LogP contribution is -2.00. The predicted molar refractivity (Wildman–Crippen MR) is 43.7 cm³/mol. The smallest absolute Gasteiger partial charge is 0.187 e. The zero-order valence-corrected chi connectivity index (χ0v) is 6.00. The highest BCUT2D eigenvalue weighted by molar-refractivity contribution is 6.57. The Bertz CT molecular complexity index is 218. The van der Waals surface area contributed by atoms with Crippen molar-refractivity contribution in [1.82, 2.24) is 0 Å². The van der Waals surface area contributed by atoms with Crippen molar-refractivity contribution < 1.29 is 4.79 Å². The highest BCUT2D eigenvalue weighted by Gasteiger charge is 1.93. The summed E-state index contributed by atoms with van der Waals surface area (Å²) >= 11 is 0. The molecule has 0 aliphatic heterocycles. The van der Waals surface area contributed by atoms with Crippen LogP contribution in [0.5, 0.6) is 0 Å². The molecule has 0 radical (unpaired) electrons. The molecule has 0 unspecified atom stereocenters. The van der Waals surface area contributed by atoms with E-state index in [0.29, 0.717) is 6.42 Å². The van der Waals surface area contributed by atoms with Gasteiger partial charge in [0.25, 0.3) is 0 Å². The Balaban J connectivity index is 2.67. The zero-order valence-electron chi connectivity index (χ0n) is 6.00. The second-order valence-corrected chi connectivity index (χ2v) is 2.36. The molecule has 2 heteroatoms. The van der Waals surface area contributed by atoms with Gasteiger partial charge in [0.1, 0.15) is 0 Å². The van der Waals surface area contributed by atoms with Gasteiger partial charge in [0.2, 0.25) is 0 Å². The lowest BCUT2D eigenvalue weighted by atomic mass is 9.95. The van der Waals surface area contributed by atoms with Crippen molar-refractivity contribution in [2.75, 3.05) is 0 Å². The molecule has 1 nitrogen and oxygen atoms in total. The highest BCUT2D eigenvalue weighted by atomic mass is 16.1. The minimum absolute atomic E-state index is 0.214. The third-order valence-electron chi connectivity index (χ3n) is 1.30. The van der Waals surface area contributed by atoms with Crippen LogP contribution in [-0.4, -0.2) is 13.5 Å². The lowest BCUT2D eigenvalue weighted by Gasteiger charge is -1.93. The van der Waals surface area contributed by atoms with Crippen LogP contribution in [0.25, 0.3) is 0 Å². The number of benzene rings is 1. The summed E-state index contributed by atoms with van der Waals surface area (Å²) in [4.78, 5) is 10.6. The molecule has 0 fully saturated rings. The largest absolute Gasteiger partial charge is 0.312 e. The molecular weight excluding hydrogens is 123 g/mol. The maximum absolute atomic E-state index is 10.6. The van der Waals surface area contributed by atoms with E-state index in [1.807, 2.05) is 30.3 Å². The minimum atomic E-state index is 0.214. The third kappa shape index (κ3) is 2.06. The molecule has 0 heterocycles. The van der Waals surface area contributed by atoms with Crippen LogP contribution in [0, 0.1) is 0 Å². The summed E-state index contributed by atoms with van der Waals surface area (Å²) < 4.78 is 0. The Morgan fingerprint density at radius 3 is 2.40 bits per heavy atom. The monoisotopic (exact) mass is 132 g/mol. The molecule has 0 amide bonds. The first-order valence-electron chi connectivity index (χ1n) is 3.32. The topological polar surface area (TPSA) is 17.1 Å². The fourth-order valence-corrected chi connectivity index (χ4v) is 0.883. The maximum Gasteiger partial charge on any atom is 0.187 e. The first-order valence-corrected chi connectivity index (χ1v) is 3.32. The van der Waals surface area contributed by atoms with Crippen molar-refractivity contribution in [3.63, 3.8) is 0 Å². The molecule has 0 N–H and O–H groups in total. The van der Waals surface area contributed by atoms with Crippen molar-refractivity contribution in [1.29, 1.82) is 0 Å². The molecule has 1 aromatic carbocycles. The van der Waals surface area contributed by atoms with Crippen LogP contribution in [0.15, 0.2) is 30.3 Å². The SMILES string of the molecule is BC(=O)Cc1ccccc1. The highest BCUT2D eigenvalue weighted by Crippen LogP contribution is 1.98. The van der Waals surface area contributed by atoms with Crippen molar-refractivity contribution in [3.8, 4) is 0 Å². The number of carbonyl (C=O) groups is 1. The van der Waals surface area contributed by atoms with Crippen LogP contribution in [0.2, 0.25) is 0 Å².